The predicted molar refractivity (Wildman–Crippen MR) is 55.5 cm³/mol. The van der Waals surface area contributed by atoms with E-state index in [1.807, 2.05) is 0 Å². The zero-order valence-corrected chi connectivity index (χ0v) is 8.77. The van der Waals surface area contributed by atoms with Crippen LogP contribution < -0.4 is 0 Å². The highest BCUT2D eigenvalue weighted by molar-refractivity contribution is 5.69. The number of nitrogens with zero attached hydrogens (tertiary/aromatic N) is 1. The minimum Gasteiger partial charge on any atom is -0.506 e. The summed E-state index contributed by atoms with van der Waals surface area (Å²) < 4.78 is 4.80. The third-order valence-electron chi connectivity index (χ3n) is 1.93. The highest BCUT2D eigenvalue weighted by atomic mass is 16.5. The number of aromatic nitrogens is 1. The fraction of sp³-hybridized carbons (Fsp3) is 0.455. The first-order valence-electron chi connectivity index (χ1n) is 5.02. The molecule has 0 aliphatic rings. The van der Waals surface area contributed by atoms with E-state index in [1.54, 1.807) is 19.1 Å². The Bertz CT molecular complexity index is 308. The van der Waals surface area contributed by atoms with Gasteiger partial charge < -0.3 is 9.84 Å². The van der Waals surface area contributed by atoms with Gasteiger partial charge in [-0.05, 0) is 31.9 Å². The van der Waals surface area contributed by atoms with Crippen molar-refractivity contribution >= 4 is 5.97 Å². The molecule has 0 radical (unpaired) electrons. The van der Waals surface area contributed by atoms with E-state index in [2.05, 4.69) is 4.98 Å². The molecule has 82 valence electrons. The molecule has 0 atom stereocenters. The molecule has 0 aliphatic carbocycles. The molecule has 1 aromatic heterocycles. The van der Waals surface area contributed by atoms with Crippen LogP contribution in [0.25, 0.3) is 0 Å². The molecular formula is C11H15NO3. The fourth-order valence-corrected chi connectivity index (χ4v) is 1.21. The minimum atomic E-state index is -0.170. The second-order valence-corrected chi connectivity index (χ2v) is 3.17. The highest BCUT2D eigenvalue weighted by Crippen LogP contribution is 2.08. The van der Waals surface area contributed by atoms with Crippen LogP contribution in [0.5, 0.6) is 5.75 Å². The number of rotatable bonds is 5. The molecule has 0 saturated heterocycles. The number of pyridine rings is 1. The normalized spacial score (nSPS) is 9.93. The Balaban J connectivity index is 2.26. The number of carbonyl (C=O) groups is 1. The summed E-state index contributed by atoms with van der Waals surface area (Å²) in [4.78, 5) is 15.0. The predicted octanol–water partition coefficient (Wildman–Crippen LogP) is 1.67. The molecule has 1 rings (SSSR count). The zero-order valence-electron chi connectivity index (χ0n) is 8.77. The Labute approximate surface area is 88.9 Å². The van der Waals surface area contributed by atoms with Crippen LogP contribution in [0.15, 0.2) is 18.3 Å². The number of ether oxygens (including phenoxy) is 1. The standard InChI is InChI=1S/C11H15NO3/c1-2-15-11(14)5-3-4-9-6-7-10(13)8-12-9/h6-8,13H,2-5H2,1H3. The van der Waals surface area contributed by atoms with Gasteiger partial charge in [0.15, 0.2) is 0 Å². The average Bonchev–Trinajstić information content (AvgIpc) is 2.21. The molecule has 0 fully saturated rings. The van der Waals surface area contributed by atoms with Crippen molar-refractivity contribution in [3.05, 3.63) is 24.0 Å². The summed E-state index contributed by atoms with van der Waals surface area (Å²) in [6.45, 7) is 2.22. The van der Waals surface area contributed by atoms with Gasteiger partial charge in [-0.1, -0.05) is 0 Å². The third-order valence-corrected chi connectivity index (χ3v) is 1.93. The molecule has 1 heterocycles. The molecule has 0 bridgehead atoms. The summed E-state index contributed by atoms with van der Waals surface area (Å²) in [5, 5.41) is 9.00. The van der Waals surface area contributed by atoms with E-state index in [9.17, 15) is 4.79 Å². The maximum atomic E-state index is 11.0. The van der Waals surface area contributed by atoms with Gasteiger partial charge in [0.1, 0.15) is 5.75 Å². The van der Waals surface area contributed by atoms with E-state index in [4.69, 9.17) is 9.84 Å². The number of hydrogen-bond donors (Lipinski definition) is 1. The quantitative estimate of drug-likeness (QED) is 0.749. The van der Waals surface area contributed by atoms with Gasteiger partial charge in [-0.25, -0.2) is 0 Å². The minimum absolute atomic E-state index is 0.157. The van der Waals surface area contributed by atoms with Crippen molar-refractivity contribution in [1.82, 2.24) is 4.98 Å². The van der Waals surface area contributed by atoms with E-state index in [0.717, 1.165) is 18.5 Å². The van der Waals surface area contributed by atoms with Gasteiger partial charge in [0.05, 0.1) is 12.8 Å². The molecule has 0 unspecified atom stereocenters. The summed E-state index contributed by atoms with van der Waals surface area (Å²) in [6.07, 6.45) is 3.26. The van der Waals surface area contributed by atoms with Crippen LogP contribution in [-0.4, -0.2) is 22.7 Å². The van der Waals surface area contributed by atoms with Crippen molar-refractivity contribution in [2.24, 2.45) is 0 Å². The Morgan fingerprint density at radius 3 is 2.93 bits per heavy atom. The van der Waals surface area contributed by atoms with Gasteiger partial charge in [0, 0.05) is 12.1 Å². The van der Waals surface area contributed by atoms with Crippen molar-refractivity contribution < 1.29 is 14.6 Å². The van der Waals surface area contributed by atoms with Gasteiger partial charge in [0.2, 0.25) is 0 Å². The van der Waals surface area contributed by atoms with Crippen molar-refractivity contribution in [1.29, 1.82) is 0 Å². The second-order valence-electron chi connectivity index (χ2n) is 3.17. The largest absolute Gasteiger partial charge is 0.506 e. The number of aryl methyl sites for hydroxylation is 1. The lowest BCUT2D eigenvalue weighted by molar-refractivity contribution is -0.143. The lowest BCUT2D eigenvalue weighted by Gasteiger charge is -2.01. The van der Waals surface area contributed by atoms with Crippen LogP contribution in [-0.2, 0) is 16.0 Å². The molecule has 0 aliphatic heterocycles. The summed E-state index contributed by atoms with van der Waals surface area (Å²) in [6, 6.07) is 3.34. The van der Waals surface area contributed by atoms with Gasteiger partial charge in [-0.3, -0.25) is 9.78 Å². The Morgan fingerprint density at radius 1 is 1.53 bits per heavy atom. The fourth-order valence-electron chi connectivity index (χ4n) is 1.21. The molecule has 1 aromatic rings. The smallest absolute Gasteiger partial charge is 0.305 e. The molecule has 0 spiro atoms. The van der Waals surface area contributed by atoms with Crippen LogP contribution in [0, 0.1) is 0 Å². The maximum absolute atomic E-state index is 11.0. The van der Waals surface area contributed by atoms with Crippen molar-refractivity contribution in [2.45, 2.75) is 26.2 Å². The number of carbonyl (C=O) groups excluding carboxylic acids is 1. The van der Waals surface area contributed by atoms with E-state index < -0.39 is 0 Å². The lowest BCUT2D eigenvalue weighted by Crippen LogP contribution is -2.04. The van der Waals surface area contributed by atoms with Gasteiger partial charge >= 0.3 is 5.97 Å². The Morgan fingerprint density at radius 2 is 2.33 bits per heavy atom. The van der Waals surface area contributed by atoms with Crippen LogP contribution >= 0.6 is 0 Å². The first kappa shape index (κ1) is 11.5. The molecule has 0 amide bonds. The summed E-state index contributed by atoms with van der Waals surface area (Å²) in [5.74, 6) is -0.0135. The first-order valence-corrected chi connectivity index (χ1v) is 5.02. The second kappa shape index (κ2) is 6.01. The van der Waals surface area contributed by atoms with Crippen LogP contribution in [0.2, 0.25) is 0 Å². The maximum Gasteiger partial charge on any atom is 0.305 e. The van der Waals surface area contributed by atoms with Gasteiger partial charge in [-0.2, -0.15) is 0 Å². The van der Waals surface area contributed by atoms with E-state index >= 15 is 0 Å². The zero-order chi connectivity index (χ0) is 11.1. The Hall–Kier alpha value is -1.58. The molecule has 0 saturated carbocycles. The summed E-state index contributed by atoms with van der Waals surface area (Å²) >= 11 is 0. The lowest BCUT2D eigenvalue weighted by atomic mass is 10.2. The molecule has 15 heavy (non-hydrogen) atoms. The third kappa shape index (κ3) is 4.44. The van der Waals surface area contributed by atoms with Crippen LogP contribution in [0.1, 0.15) is 25.5 Å². The van der Waals surface area contributed by atoms with Crippen molar-refractivity contribution in [2.75, 3.05) is 6.61 Å². The number of hydrogen-bond acceptors (Lipinski definition) is 4. The topological polar surface area (TPSA) is 59.4 Å². The first-order chi connectivity index (χ1) is 7.22. The molecular weight excluding hydrogens is 194 g/mol. The van der Waals surface area contributed by atoms with E-state index in [1.165, 1.54) is 6.20 Å². The Kier molecular flexibility index (Phi) is 4.60. The van der Waals surface area contributed by atoms with E-state index in [-0.39, 0.29) is 11.7 Å². The molecule has 1 N–H and O–H groups in total. The highest BCUT2D eigenvalue weighted by Gasteiger charge is 2.02. The molecule has 4 heteroatoms. The van der Waals surface area contributed by atoms with Crippen LogP contribution in [0.3, 0.4) is 0 Å². The molecule has 0 aromatic carbocycles. The SMILES string of the molecule is CCOC(=O)CCCc1ccc(O)cn1. The van der Waals surface area contributed by atoms with E-state index in [0.29, 0.717) is 13.0 Å². The number of aromatic hydroxyl groups is 1. The van der Waals surface area contributed by atoms with Crippen LogP contribution in [0.4, 0.5) is 0 Å². The monoisotopic (exact) mass is 209 g/mol. The summed E-state index contributed by atoms with van der Waals surface area (Å²) in [5.41, 5.74) is 0.872. The number of esters is 1. The molecule has 4 nitrogen and oxygen atoms in total. The van der Waals surface area contributed by atoms with Gasteiger partial charge in [-0.15, -0.1) is 0 Å². The van der Waals surface area contributed by atoms with Crippen molar-refractivity contribution in [3.63, 3.8) is 0 Å². The van der Waals surface area contributed by atoms with Gasteiger partial charge in [0.25, 0.3) is 0 Å². The average molecular weight is 209 g/mol. The van der Waals surface area contributed by atoms with Crippen molar-refractivity contribution in [3.8, 4) is 5.75 Å². The summed E-state index contributed by atoms with van der Waals surface area (Å²) in [7, 11) is 0.